The molecule has 0 saturated heterocycles. The van der Waals surface area contributed by atoms with E-state index < -0.39 is 5.97 Å². The van der Waals surface area contributed by atoms with Crippen LogP contribution in [-0.4, -0.2) is 15.6 Å². The lowest BCUT2D eigenvalue weighted by atomic mass is 10.2. The van der Waals surface area contributed by atoms with Gasteiger partial charge in [-0.1, -0.05) is 30.3 Å². The largest absolute Gasteiger partial charge is 0.477 e. The second-order valence-electron chi connectivity index (χ2n) is 4.61. The first-order chi connectivity index (χ1) is 9.65. The lowest BCUT2D eigenvalue weighted by Crippen LogP contribution is -2.09. The fraction of sp³-hybridized carbons (Fsp3) is 0.0625. The Morgan fingerprint density at radius 1 is 1.10 bits per heavy atom. The molecule has 0 bridgehead atoms. The summed E-state index contributed by atoms with van der Waals surface area (Å²) in [6.07, 6.45) is 0. The summed E-state index contributed by atoms with van der Waals surface area (Å²) in [5.74, 6) is -1.39. The van der Waals surface area contributed by atoms with Gasteiger partial charge >= 0.3 is 5.97 Å². The summed E-state index contributed by atoms with van der Waals surface area (Å²) in [5, 5.41) is 9.90. The normalized spacial score (nSPS) is 10.8. The fourth-order valence-electron chi connectivity index (χ4n) is 2.36. The molecule has 0 aliphatic heterocycles. The molecule has 3 nitrogen and oxygen atoms in total. The summed E-state index contributed by atoms with van der Waals surface area (Å²) < 4.78 is 14.9. The number of carboxylic acid groups (broad SMARTS) is 1. The highest BCUT2D eigenvalue weighted by Crippen LogP contribution is 2.22. The predicted molar refractivity (Wildman–Crippen MR) is 74.4 cm³/mol. The quantitative estimate of drug-likeness (QED) is 0.790. The van der Waals surface area contributed by atoms with Crippen molar-refractivity contribution in [3.63, 3.8) is 0 Å². The van der Waals surface area contributed by atoms with Crippen LogP contribution in [0, 0.1) is 5.82 Å². The zero-order valence-corrected chi connectivity index (χ0v) is 10.6. The number of benzene rings is 2. The van der Waals surface area contributed by atoms with Crippen molar-refractivity contribution in [2.45, 2.75) is 6.54 Å². The smallest absolute Gasteiger partial charge is 0.352 e. The maximum absolute atomic E-state index is 13.2. The van der Waals surface area contributed by atoms with E-state index in [1.807, 2.05) is 30.3 Å². The first kappa shape index (κ1) is 12.4. The molecular formula is C16H12FNO2. The van der Waals surface area contributed by atoms with Gasteiger partial charge in [0.2, 0.25) is 0 Å². The van der Waals surface area contributed by atoms with E-state index in [2.05, 4.69) is 0 Å². The molecule has 4 heteroatoms. The minimum Gasteiger partial charge on any atom is -0.477 e. The molecule has 1 N–H and O–H groups in total. The molecule has 0 atom stereocenters. The Morgan fingerprint density at radius 2 is 1.85 bits per heavy atom. The molecule has 100 valence electrons. The zero-order chi connectivity index (χ0) is 14.1. The van der Waals surface area contributed by atoms with Crippen molar-refractivity contribution in [3.8, 4) is 0 Å². The van der Waals surface area contributed by atoms with Crippen molar-refractivity contribution in [2.24, 2.45) is 0 Å². The second-order valence-corrected chi connectivity index (χ2v) is 4.61. The highest BCUT2D eigenvalue weighted by atomic mass is 19.1. The van der Waals surface area contributed by atoms with Crippen LogP contribution < -0.4 is 0 Å². The summed E-state index contributed by atoms with van der Waals surface area (Å²) in [7, 11) is 0. The lowest BCUT2D eigenvalue weighted by Gasteiger charge is -2.08. The van der Waals surface area contributed by atoms with Crippen LogP contribution >= 0.6 is 0 Å². The van der Waals surface area contributed by atoms with Gasteiger partial charge in [0.1, 0.15) is 11.5 Å². The Morgan fingerprint density at radius 3 is 2.55 bits per heavy atom. The van der Waals surface area contributed by atoms with Crippen molar-refractivity contribution in [2.75, 3.05) is 0 Å². The number of aromatic carboxylic acids is 1. The molecule has 0 saturated carbocycles. The predicted octanol–water partition coefficient (Wildman–Crippen LogP) is 3.53. The van der Waals surface area contributed by atoms with Crippen molar-refractivity contribution < 1.29 is 14.3 Å². The zero-order valence-electron chi connectivity index (χ0n) is 10.6. The molecule has 3 aromatic rings. The number of fused-ring (bicyclic) bond motifs is 1. The number of carboxylic acids is 1. The number of rotatable bonds is 3. The maximum atomic E-state index is 13.2. The minimum atomic E-state index is -1.02. The van der Waals surface area contributed by atoms with Gasteiger partial charge in [-0.2, -0.15) is 0 Å². The van der Waals surface area contributed by atoms with E-state index in [4.69, 9.17) is 0 Å². The van der Waals surface area contributed by atoms with Crippen LogP contribution in [0.1, 0.15) is 16.1 Å². The summed E-state index contributed by atoms with van der Waals surface area (Å²) >= 11 is 0. The standard InChI is InChI=1S/C16H12FNO2/c17-13-6-7-14-12(8-13)9-15(16(19)20)18(14)10-11-4-2-1-3-5-11/h1-9H,10H2,(H,19,20). The molecule has 1 aromatic heterocycles. The Kier molecular flexibility index (Phi) is 2.99. The van der Waals surface area contributed by atoms with Crippen molar-refractivity contribution >= 4 is 16.9 Å². The Hall–Kier alpha value is -2.62. The van der Waals surface area contributed by atoms with Gasteiger partial charge in [0.25, 0.3) is 0 Å². The molecule has 0 aliphatic carbocycles. The van der Waals surface area contributed by atoms with E-state index in [1.165, 1.54) is 18.2 Å². The van der Waals surface area contributed by atoms with Crippen LogP contribution in [0.4, 0.5) is 4.39 Å². The molecule has 0 unspecified atom stereocenters. The Balaban J connectivity index is 2.16. The van der Waals surface area contributed by atoms with Crippen LogP contribution in [0.5, 0.6) is 0 Å². The molecule has 0 aliphatic rings. The number of hydrogen-bond acceptors (Lipinski definition) is 1. The van der Waals surface area contributed by atoms with Gasteiger partial charge in [-0.05, 0) is 29.8 Å². The summed E-state index contributed by atoms with van der Waals surface area (Å²) in [6, 6.07) is 15.4. The average molecular weight is 269 g/mol. The van der Waals surface area contributed by atoms with Gasteiger partial charge in [-0.3, -0.25) is 0 Å². The van der Waals surface area contributed by atoms with Crippen LogP contribution in [0.3, 0.4) is 0 Å². The van der Waals surface area contributed by atoms with E-state index in [1.54, 1.807) is 10.6 Å². The molecule has 0 amide bonds. The molecule has 20 heavy (non-hydrogen) atoms. The number of hydrogen-bond donors (Lipinski definition) is 1. The molecule has 0 radical (unpaired) electrons. The molecule has 0 fully saturated rings. The topological polar surface area (TPSA) is 42.2 Å². The molecule has 3 rings (SSSR count). The highest BCUT2D eigenvalue weighted by Gasteiger charge is 2.15. The summed E-state index contributed by atoms with van der Waals surface area (Å²) in [6.45, 7) is 0.442. The van der Waals surface area contributed by atoms with Gasteiger partial charge < -0.3 is 9.67 Å². The lowest BCUT2D eigenvalue weighted by molar-refractivity contribution is 0.0686. The molecular weight excluding hydrogens is 257 g/mol. The maximum Gasteiger partial charge on any atom is 0.352 e. The van der Waals surface area contributed by atoms with Crippen LogP contribution in [0.25, 0.3) is 10.9 Å². The number of aromatic nitrogens is 1. The monoisotopic (exact) mass is 269 g/mol. The van der Waals surface area contributed by atoms with Gasteiger partial charge in [-0.25, -0.2) is 9.18 Å². The van der Waals surface area contributed by atoms with Crippen LogP contribution in [0.2, 0.25) is 0 Å². The summed E-state index contributed by atoms with van der Waals surface area (Å²) in [5.41, 5.74) is 1.87. The molecule has 0 spiro atoms. The second kappa shape index (κ2) is 4.81. The van der Waals surface area contributed by atoms with Crippen LogP contribution in [0.15, 0.2) is 54.6 Å². The van der Waals surface area contributed by atoms with Gasteiger partial charge in [0.15, 0.2) is 0 Å². The van der Waals surface area contributed by atoms with Crippen molar-refractivity contribution in [1.82, 2.24) is 4.57 Å². The first-order valence-electron chi connectivity index (χ1n) is 6.21. The third-order valence-electron chi connectivity index (χ3n) is 3.27. The first-order valence-corrected chi connectivity index (χ1v) is 6.21. The highest BCUT2D eigenvalue weighted by molar-refractivity contribution is 5.94. The third-order valence-corrected chi connectivity index (χ3v) is 3.27. The number of nitrogens with zero attached hydrogens (tertiary/aromatic N) is 1. The number of carbonyl (C=O) groups is 1. The molecule has 2 aromatic carbocycles. The van der Waals surface area contributed by atoms with E-state index >= 15 is 0 Å². The molecule has 1 heterocycles. The van der Waals surface area contributed by atoms with E-state index in [-0.39, 0.29) is 11.5 Å². The fourth-order valence-corrected chi connectivity index (χ4v) is 2.36. The van der Waals surface area contributed by atoms with E-state index in [0.717, 1.165) is 5.56 Å². The van der Waals surface area contributed by atoms with Crippen LogP contribution in [-0.2, 0) is 6.54 Å². The Bertz CT molecular complexity index is 778. The van der Waals surface area contributed by atoms with Crippen molar-refractivity contribution in [1.29, 1.82) is 0 Å². The minimum absolute atomic E-state index is 0.162. The summed E-state index contributed by atoms with van der Waals surface area (Å²) in [4.78, 5) is 11.4. The van der Waals surface area contributed by atoms with E-state index in [9.17, 15) is 14.3 Å². The number of halogens is 1. The van der Waals surface area contributed by atoms with Gasteiger partial charge in [0.05, 0.1) is 0 Å². The third kappa shape index (κ3) is 2.16. The van der Waals surface area contributed by atoms with Gasteiger partial charge in [-0.15, -0.1) is 0 Å². The van der Waals surface area contributed by atoms with Gasteiger partial charge in [0, 0.05) is 17.4 Å². The average Bonchev–Trinajstić information content (AvgIpc) is 2.78. The van der Waals surface area contributed by atoms with E-state index in [0.29, 0.717) is 17.4 Å². The van der Waals surface area contributed by atoms with Crippen molar-refractivity contribution in [3.05, 3.63) is 71.7 Å². The SMILES string of the molecule is O=C(O)c1cc2cc(F)ccc2n1Cc1ccccc1. The Labute approximate surface area is 114 Å².